The standard InChI is InChI=1S/C8H8F3NO/c1-5-3-4-7(6(2)12-5)13-8(9,10)11/h3-4H,1-2H3. The fourth-order valence-electron chi connectivity index (χ4n) is 0.906. The summed E-state index contributed by atoms with van der Waals surface area (Å²) in [5.41, 5.74) is 0.893. The SMILES string of the molecule is Cc1ccc(OC(F)(F)F)c(C)n1. The summed E-state index contributed by atoms with van der Waals surface area (Å²) in [6, 6.07) is 2.72. The van der Waals surface area contributed by atoms with Gasteiger partial charge in [0.2, 0.25) is 0 Å². The van der Waals surface area contributed by atoms with Gasteiger partial charge in [0, 0.05) is 5.69 Å². The first-order valence-electron chi connectivity index (χ1n) is 3.58. The van der Waals surface area contributed by atoms with Crippen LogP contribution in [-0.2, 0) is 0 Å². The van der Waals surface area contributed by atoms with Crippen molar-refractivity contribution in [2.75, 3.05) is 0 Å². The van der Waals surface area contributed by atoms with Crippen LogP contribution in [-0.4, -0.2) is 11.3 Å². The Morgan fingerprint density at radius 2 is 1.85 bits per heavy atom. The highest BCUT2D eigenvalue weighted by atomic mass is 19.4. The molecule has 0 amide bonds. The minimum absolute atomic E-state index is 0.234. The minimum Gasteiger partial charge on any atom is -0.404 e. The van der Waals surface area contributed by atoms with Crippen molar-refractivity contribution in [3.63, 3.8) is 0 Å². The van der Waals surface area contributed by atoms with E-state index >= 15 is 0 Å². The van der Waals surface area contributed by atoms with Gasteiger partial charge in [0.1, 0.15) is 0 Å². The van der Waals surface area contributed by atoms with Crippen LogP contribution in [0, 0.1) is 13.8 Å². The summed E-state index contributed by atoms with van der Waals surface area (Å²) < 4.78 is 39.0. The highest BCUT2D eigenvalue weighted by Gasteiger charge is 2.31. The van der Waals surface area contributed by atoms with Crippen LogP contribution in [0.4, 0.5) is 13.2 Å². The van der Waals surface area contributed by atoms with Crippen molar-refractivity contribution < 1.29 is 17.9 Å². The van der Waals surface area contributed by atoms with E-state index in [1.54, 1.807) is 6.92 Å². The van der Waals surface area contributed by atoms with Crippen molar-refractivity contribution in [3.05, 3.63) is 23.5 Å². The van der Waals surface area contributed by atoms with Gasteiger partial charge in [-0.05, 0) is 26.0 Å². The maximum atomic E-state index is 11.8. The van der Waals surface area contributed by atoms with E-state index in [2.05, 4.69) is 9.72 Å². The van der Waals surface area contributed by atoms with Gasteiger partial charge in [-0.2, -0.15) is 0 Å². The van der Waals surface area contributed by atoms with Crippen LogP contribution in [0.15, 0.2) is 12.1 Å². The molecule has 0 fully saturated rings. The number of nitrogens with zero attached hydrogens (tertiary/aromatic N) is 1. The van der Waals surface area contributed by atoms with E-state index in [1.165, 1.54) is 19.1 Å². The summed E-state index contributed by atoms with van der Waals surface area (Å²) in [5, 5.41) is 0. The monoisotopic (exact) mass is 191 g/mol. The second-order valence-corrected chi connectivity index (χ2v) is 2.58. The lowest BCUT2D eigenvalue weighted by atomic mass is 10.3. The Balaban J connectivity index is 2.90. The van der Waals surface area contributed by atoms with Gasteiger partial charge in [-0.3, -0.25) is 4.98 Å². The number of rotatable bonds is 1. The van der Waals surface area contributed by atoms with Crippen molar-refractivity contribution >= 4 is 0 Å². The van der Waals surface area contributed by atoms with Crippen LogP contribution in [0.3, 0.4) is 0 Å². The molecule has 0 aromatic carbocycles. The smallest absolute Gasteiger partial charge is 0.404 e. The molecule has 0 bridgehead atoms. The van der Waals surface area contributed by atoms with Crippen molar-refractivity contribution in [1.82, 2.24) is 4.98 Å². The molecule has 0 spiro atoms. The first kappa shape index (κ1) is 9.83. The highest BCUT2D eigenvalue weighted by Crippen LogP contribution is 2.24. The first-order valence-corrected chi connectivity index (χ1v) is 3.58. The third kappa shape index (κ3) is 2.93. The molecule has 1 heterocycles. The summed E-state index contributed by atoms with van der Waals surface area (Å²) in [5.74, 6) is -0.252. The molecule has 0 unspecified atom stereocenters. The number of hydrogen-bond acceptors (Lipinski definition) is 2. The molecule has 1 rings (SSSR count). The van der Waals surface area contributed by atoms with Gasteiger partial charge >= 0.3 is 6.36 Å². The van der Waals surface area contributed by atoms with Crippen LogP contribution in [0.25, 0.3) is 0 Å². The Morgan fingerprint density at radius 1 is 1.23 bits per heavy atom. The lowest BCUT2D eigenvalue weighted by molar-refractivity contribution is -0.275. The van der Waals surface area contributed by atoms with Crippen molar-refractivity contribution in [2.24, 2.45) is 0 Å². The van der Waals surface area contributed by atoms with Gasteiger partial charge in [-0.1, -0.05) is 0 Å². The third-order valence-corrected chi connectivity index (χ3v) is 1.40. The van der Waals surface area contributed by atoms with E-state index in [0.717, 1.165) is 0 Å². The maximum absolute atomic E-state index is 11.8. The number of aromatic nitrogens is 1. The van der Waals surface area contributed by atoms with Gasteiger partial charge in [0.15, 0.2) is 5.75 Å². The molecule has 0 aliphatic heterocycles. The van der Waals surface area contributed by atoms with Crippen LogP contribution in [0.1, 0.15) is 11.4 Å². The molecule has 0 radical (unpaired) electrons. The second kappa shape index (κ2) is 3.24. The average Bonchev–Trinajstić information content (AvgIpc) is 1.93. The maximum Gasteiger partial charge on any atom is 0.573 e. The van der Waals surface area contributed by atoms with E-state index in [9.17, 15) is 13.2 Å². The van der Waals surface area contributed by atoms with Crippen LogP contribution >= 0.6 is 0 Å². The average molecular weight is 191 g/mol. The molecule has 1 aromatic rings. The predicted molar refractivity (Wildman–Crippen MR) is 40.4 cm³/mol. The number of halogens is 3. The number of alkyl halides is 3. The Hall–Kier alpha value is -1.26. The zero-order valence-electron chi connectivity index (χ0n) is 7.14. The molecule has 72 valence electrons. The first-order chi connectivity index (χ1) is 5.88. The third-order valence-electron chi connectivity index (χ3n) is 1.40. The van der Waals surface area contributed by atoms with Gasteiger partial charge in [-0.25, -0.2) is 0 Å². The molecular weight excluding hydrogens is 183 g/mol. The second-order valence-electron chi connectivity index (χ2n) is 2.58. The van der Waals surface area contributed by atoms with Crippen molar-refractivity contribution in [1.29, 1.82) is 0 Å². The Kier molecular flexibility index (Phi) is 2.45. The van der Waals surface area contributed by atoms with Gasteiger partial charge < -0.3 is 4.74 Å². The normalized spacial score (nSPS) is 11.5. The molecule has 0 N–H and O–H groups in total. The molecule has 0 aliphatic rings. The summed E-state index contributed by atoms with van der Waals surface area (Å²) in [6.45, 7) is 3.17. The van der Waals surface area contributed by atoms with Crippen LogP contribution in [0.5, 0.6) is 5.75 Å². The molecule has 0 aliphatic carbocycles. The van der Waals surface area contributed by atoms with E-state index in [-0.39, 0.29) is 11.4 Å². The zero-order valence-corrected chi connectivity index (χ0v) is 7.14. The fraction of sp³-hybridized carbons (Fsp3) is 0.375. The van der Waals surface area contributed by atoms with Gasteiger partial charge in [-0.15, -0.1) is 13.2 Å². The molecule has 2 nitrogen and oxygen atoms in total. The van der Waals surface area contributed by atoms with Gasteiger partial charge in [0.05, 0.1) is 5.69 Å². The summed E-state index contributed by atoms with van der Waals surface area (Å²) in [7, 11) is 0. The topological polar surface area (TPSA) is 22.1 Å². The molecule has 1 aromatic heterocycles. The number of ether oxygens (including phenoxy) is 1. The lowest BCUT2D eigenvalue weighted by Crippen LogP contribution is -2.18. The fourth-order valence-corrected chi connectivity index (χ4v) is 0.906. The molecule has 0 saturated heterocycles. The number of hydrogen-bond donors (Lipinski definition) is 0. The molecule has 0 atom stereocenters. The molecule has 5 heteroatoms. The van der Waals surface area contributed by atoms with E-state index < -0.39 is 6.36 Å². The predicted octanol–water partition coefficient (Wildman–Crippen LogP) is 2.60. The Bertz CT molecular complexity index is 309. The molecule has 13 heavy (non-hydrogen) atoms. The zero-order chi connectivity index (χ0) is 10.1. The molecular formula is C8H8F3NO. The van der Waals surface area contributed by atoms with E-state index in [1.807, 2.05) is 0 Å². The van der Waals surface area contributed by atoms with Crippen molar-refractivity contribution in [3.8, 4) is 5.75 Å². The summed E-state index contributed by atoms with van der Waals surface area (Å²) >= 11 is 0. The Labute approximate surface area is 73.4 Å². The highest BCUT2D eigenvalue weighted by molar-refractivity contribution is 5.28. The number of pyridine rings is 1. The minimum atomic E-state index is -4.65. The van der Waals surface area contributed by atoms with Crippen LogP contribution < -0.4 is 4.74 Å². The van der Waals surface area contributed by atoms with Gasteiger partial charge in [0.25, 0.3) is 0 Å². The van der Waals surface area contributed by atoms with E-state index in [4.69, 9.17) is 0 Å². The summed E-state index contributed by atoms with van der Waals surface area (Å²) in [4.78, 5) is 3.83. The quantitative estimate of drug-likeness (QED) is 0.680. The number of aryl methyl sites for hydroxylation is 2. The summed E-state index contributed by atoms with van der Waals surface area (Å²) in [6.07, 6.45) is -4.65. The van der Waals surface area contributed by atoms with Crippen LogP contribution in [0.2, 0.25) is 0 Å². The lowest BCUT2D eigenvalue weighted by Gasteiger charge is -2.10. The van der Waals surface area contributed by atoms with E-state index in [0.29, 0.717) is 5.69 Å². The Morgan fingerprint density at radius 3 is 2.31 bits per heavy atom. The largest absolute Gasteiger partial charge is 0.573 e. The van der Waals surface area contributed by atoms with Crippen molar-refractivity contribution in [2.45, 2.75) is 20.2 Å². The molecule has 0 saturated carbocycles.